The maximum atomic E-state index is 11.3. The van der Waals surface area contributed by atoms with E-state index in [9.17, 15) is 4.79 Å². The number of amides is 1. The van der Waals surface area contributed by atoms with Crippen molar-refractivity contribution in [2.24, 2.45) is 0 Å². The fourth-order valence-corrected chi connectivity index (χ4v) is 1.23. The number of aromatic nitrogens is 1. The van der Waals surface area contributed by atoms with Crippen LogP contribution in [-0.4, -0.2) is 36.4 Å². The van der Waals surface area contributed by atoms with Crippen molar-refractivity contribution in [2.45, 2.75) is 6.42 Å². The van der Waals surface area contributed by atoms with Gasteiger partial charge in [-0.15, -0.1) is 0 Å². The highest BCUT2D eigenvalue weighted by molar-refractivity contribution is 6.33. The van der Waals surface area contributed by atoms with Crippen LogP contribution in [0.4, 0.5) is 5.69 Å². The van der Waals surface area contributed by atoms with Crippen LogP contribution >= 0.6 is 11.6 Å². The number of rotatable bonds is 4. The minimum atomic E-state index is 0.0904. The quantitative estimate of drug-likeness (QED) is 0.851. The summed E-state index contributed by atoms with van der Waals surface area (Å²) in [7, 11) is 3.48. The molecule has 0 bridgehead atoms. The van der Waals surface area contributed by atoms with Gasteiger partial charge in [-0.3, -0.25) is 9.78 Å². The van der Waals surface area contributed by atoms with Gasteiger partial charge in [0.1, 0.15) is 0 Å². The monoisotopic (exact) mass is 227 g/mol. The van der Waals surface area contributed by atoms with Gasteiger partial charge in [-0.25, -0.2) is 0 Å². The van der Waals surface area contributed by atoms with E-state index < -0.39 is 0 Å². The zero-order valence-corrected chi connectivity index (χ0v) is 9.58. The predicted octanol–water partition coefficient (Wildman–Crippen LogP) is 1.63. The van der Waals surface area contributed by atoms with Gasteiger partial charge in [0.15, 0.2) is 0 Å². The van der Waals surface area contributed by atoms with E-state index in [1.807, 2.05) is 0 Å². The molecule has 1 rings (SSSR count). The van der Waals surface area contributed by atoms with Gasteiger partial charge in [-0.2, -0.15) is 0 Å². The molecule has 15 heavy (non-hydrogen) atoms. The number of anilines is 1. The average molecular weight is 228 g/mol. The smallest absolute Gasteiger partial charge is 0.223 e. The maximum Gasteiger partial charge on any atom is 0.223 e. The first-order valence-electron chi connectivity index (χ1n) is 4.65. The number of hydrogen-bond acceptors (Lipinski definition) is 3. The third-order valence-electron chi connectivity index (χ3n) is 1.93. The number of carbonyl (C=O) groups excluding carboxylic acids is 1. The lowest BCUT2D eigenvalue weighted by atomic mass is 10.3. The summed E-state index contributed by atoms with van der Waals surface area (Å²) in [6.07, 6.45) is 3.67. The summed E-state index contributed by atoms with van der Waals surface area (Å²) >= 11 is 5.88. The third kappa shape index (κ3) is 3.75. The summed E-state index contributed by atoms with van der Waals surface area (Å²) in [5.41, 5.74) is 0.804. The molecule has 0 unspecified atom stereocenters. The zero-order valence-electron chi connectivity index (χ0n) is 8.83. The van der Waals surface area contributed by atoms with Gasteiger partial charge in [0.2, 0.25) is 5.91 Å². The van der Waals surface area contributed by atoms with Crippen LogP contribution in [0.1, 0.15) is 6.42 Å². The molecule has 0 fully saturated rings. The molecular weight excluding hydrogens is 214 g/mol. The Morgan fingerprint density at radius 1 is 1.60 bits per heavy atom. The number of hydrogen-bond donors (Lipinski definition) is 1. The van der Waals surface area contributed by atoms with Crippen LogP contribution in [-0.2, 0) is 4.79 Å². The van der Waals surface area contributed by atoms with Gasteiger partial charge in [0.05, 0.1) is 10.7 Å². The van der Waals surface area contributed by atoms with Gasteiger partial charge in [-0.1, -0.05) is 11.6 Å². The van der Waals surface area contributed by atoms with Crippen molar-refractivity contribution in [3.05, 3.63) is 23.5 Å². The zero-order chi connectivity index (χ0) is 11.3. The minimum Gasteiger partial charge on any atom is -0.383 e. The molecule has 1 N–H and O–H groups in total. The standard InChI is InChI=1S/C10H14ClN3O/c1-14(2)10(15)4-6-13-9-3-5-12-7-8(9)11/h3,5,7H,4,6H2,1-2H3,(H,12,13). The second-order valence-corrected chi connectivity index (χ2v) is 3.73. The van der Waals surface area contributed by atoms with Crippen LogP contribution in [0.15, 0.2) is 18.5 Å². The molecule has 0 aliphatic carbocycles. The summed E-state index contributed by atoms with van der Waals surface area (Å²) in [5.74, 6) is 0.0904. The second-order valence-electron chi connectivity index (χ2n) is 3.32. The summed E-state index contributed by atoms with van der Waals surface area (Å²) in [6, 6.07) is 1.78. The van der Waals surface area contributed by atoms with E-state index in [1.165, 1.54) is 0 Å². The molecule has 4 nitrogen and oxygen atoms in total. The molecule has 0 radical (unpaired) electrons. The number of pyridine rings is 1. The molecule has 82 valence electrons. The van der Waals surface area contributed by atoms with Crippen LogP contribution < -0.4 is 5.32 Å². The molecule has 1 amide bonds. The lowest BCUT2D eigenvalue weighted by Gasteiger charge is -2.11. The Balaban J connectivity index is 2.38. The SMILES string of the molecule is CN(C)C(=O)CCNc1ccncc1Cl. The van der Waals surface area contributed by atoms with Crippen LogP contribution in [0, 0.1) is 0 Å². The van der Waals surface area contributed by atoms with Gasteiger partial charge < -0.3 is 10.2 Å². The fraction of sp³-hybridized carbons (Fsp3) is 0.400. The van der Waals surface area contributed by atoms with E-state index in [2.05, 4.69) is 10.3 Å². The maximum absolute atomic E-state index is 11.3. The molecule has 5 heteroatoms. The molecular formula is C10H14ClN3O. The number of nitrogens with one attached hydrogen (secondary N) is 1. The molecule has 1 aromatic rings. The van der Waals surface area contributed by atoms with Gasteiger partial charge in [0, 0.05) is 39.5 Å². The fourth-order valence-electron chi connectivity index (χ4n) is 1.05. The van der Waals surface area contributed by atoms with Gasteiger partial charge in [-0.05, 0) is 6.07 Å². The largest absolute Gasteiger partial charge is 0.383 e. The minimum absolute atomic E-state index is 0.0904. The van der Waals surface area contributed by atoms with Crippen LogP contribution in [0.25, 0.3) is 0 Å². The number of carbonyl (C=O) groups is 1. The lowest BCUT2D eigenvalue weighted by molar-refractivity contribution is -0.128. The first kappa shape index (κ1) is 11.8. The lowest BCUT2D eigenvalue weighted by Crippen LogP contribution is -2.23. The Morgan fingerprint density at radius 3 is 2.93 bits per heavy atom. The summed E-state index contributed by atoms with van der Waals surface area (Å²) in [5, 5.41) is 3.64. The first-order valence-corrected chi connectivity index (χ1v) is 5.02. The Labute approximate surface area is 94.3 Å². The Kier molecular flexibility index (Phi) is 4.37. The summed E-state index contributed by atoms with van der Waals surface area (Å²) in [4.78, 5) is 16.7. The average Bonchev–Trinajstić information content (AvgIpc) is 2.20. The van der Waals surface area contributed by atoms with Crippen LogP contribution in [0.5, 0.6) is 0 Å². The molecule has 1 aromatic heterocycles. The van der Waals surface area contributed by atoms with E-state index in [0.29, 0.717) is 18.0 Å². The highest BCUT2D eigenvalue weighted by Gasteiger charge is 2.03. The molecule has 0 aliphatic heterocycles. The molecule has 0 saturated carbocycles. The van der Waals surface area contributed by atoms with Gasteiger partial charge in [0.25, 0.3) is 0 Å². The first-order chi connectivity index (χ1) is 7.11. The normalized spacial score (nSPS) is 9.80. The molecule has 1 heterocycles. The predicted molar refractivity (Wildman–Crippen MR) is 61.0 cm³/mol. The molecule has 0 atom stereocenters. The Morgan fingerprint density at radius 2 is 2.33 bits per heavy atom. The van der Waals surface area contributed by atoms with Crippen molar-refractivity contribution in [2.75, 3.05) is 26.0 Å². The highest BCUT2D eigenvalue weighted by Crippen LogP contribution is 2.18. The molecule has 0 saturated heterocycles. The van der Waals surface area contributed by atoms with Gasteiger partial charge >= 0.3 is 0 Å². The van der Waals surface area contributed by atoms with Crippen molar-refractivity contribution >= 4 is 23.2 Å². The van der Waals surface area contributed by atoms with Crippen LogP contribution in [0.3, 0.4) is 0 Å². The summed E-state index contributed by atoms with van der Waals surface area (Å²) in [6.45, 7) is 0.570. The molecule has 0 spiro atoms. The van der Waals surface area contributed by atoms with Crippen molar-refractivity contribution in [1.29, 1.82) is 0 Å². The van der Waals surface area contributed by atoms with E-state index >= 15 is 0 Å². The van der Waals surface area contributed by atoms with Crippen molar-refractivity contribution in [1.82, 2.24) is 9.88 Å². The molecule has 0 aliphatic rings. The van der Waals surface area contributed by atoms with E-state index in [-0.39, 0.29) is 5.91 Å². The summed E-state index contributed by atoms with van der Waals surface area (Å²) < 4.78 is 0. The Hall–Kier alpha value is -1.29. The van der Waals surface area contributed by atoms with Crippen molar-refractivity contribution in [3.63, 3.8) is 0 Å². The van der Waals surface area contributed by atoms with Crippen LogP contribution in [0.2, 0.25) is 5.02 Å². The second kappa shape index (κ2) is 5.56. The number of nitrogens with zero attached hydrogens (tertiary/aromatic N) is 2. The third-order valence-corrected chi connectivity index (χ3v) is 2.23. The number of halogens is 1. The van der Waals surface area contributed by atoms with Crippen molar-refractivity contribution < 1.29 is 4.79 Å². The Bertz CT molecular complexity index is 341. The van der Waals surface area contributed by atoms with E-state index in [0.717, 1.165) is 5.69 Å². The topological polar surface area (TPSA) is 45.2 Å². The van der Waals surface area contributed by atoms with Crippen molar-refractivity contribution in [3.8, 4) is 0 Å². The molecule has 0 aromatic carbocycles. The van der Waals surface area contributed by atoms with E-state index in [4.69, 9.17) is 11.6 Å². The van der Waals surface area contributed by atoms with E-state index in [1.54, 1.807) is 37.5 Å². The highest BCUT2D eigenvalue weighted by atomic mass is 35.5.